The second kappa shape index (κ2) is 5.17. The highest BCUT2D eigenvalue weighted by atomic mass is 16.3. The summed E-state index contributed by atoms with van der Waals surface area (Å²) in [5.74, 6) is -0.367. The maximum atomic E-state index is 11.5. The van der Waals surface area contributed by atoms with E-state index in [2.05, 4.69) is 21.0 Å². The quantitative estimate of drug-likeness (QED) is 0.487. The zero-order valence-corrected chi connectivity index (χ0v) is 9.98. The van der Waals surface area contributed by atoms with Gasteiger partial charge in [0, 0.05) is 0 Å². The second-order valence-corrected chi connectivity index (χ2v) is 3.84. The van der Waals surface area contributed by atoms with E-state index < -0.39 is 11.2 Å². The first-order valence-electron chi connectivity index (χ1n) is 5.39. The number of nitroso groups, excluding NO2 is 1. The van der Waals surface area contributed by atoms with Gasteiger partial charge in [0.25, 0.3) is 5.56 Å². The summed E-state index contributed by atoms with van der Waals surface area (Å²) >= 11 is 0. The lowest BCUT2D eigenvalue weighted by Crippen LogP contribution is -2.26. The maximum Gasteiger partial charge on any atom is 0.327 e. The van der Waals surface area contributed by atoms with E-state index in [0.29, 0.717) is 5.69 Å². The van der Waals surface area contributed by atoms with Crippen LogP contribution in [0.2, 0.25) is 0 Å². The summed E-state index contributed by atoms with van der Waals surface area (Å²) in [5, 5.41) is 2.59. The van der Waals surface area contributed by atoms with E-state index in [4.69, 9.17) is 0 Å². The summed E-state index contributed by atoms with van der Waals surface area (Å²) in [5.41, 5.74) is 5.36. The minimum absolute atomic E-state index is 0.157. The van der Waals surface area contributed by atoms with E-state index >= 15 is 0 Å². The second-order valence-electron chi connectivity index (χ2n) is 3.84. The molecule has 0 aliphatic heterocycles. The Bertz CT molecular complexity index is 702. The van der Waals surface area contributed by atoms with E-state index in [1.54, 1.807) is 12.1 Å². The Morgan fingerprint density at radius 1 is 1.05 bits per heavy atom. The number of anilines is 2. The molecule has 1 aromatic carbocycles. The molecule has 98 valence electrons. The summed E-state index contributed by atoms with van der Waals surface area (Å²) in [6, 6.07) is 7.33. The van der Waals surface area contributed by atoms with Crippen molar-refractivity contribution in [3.63, 3.8) is 0 Å². The number of hydrogen-bond acceptors (Lipinski definition) is 6. The number of benzene rings is 1. The van der Waals surface area contributed by atoms with Crippen molar-refractivity contribution >= 4 is 17.2 Å². The molecular weight excluding hydrogens is 250 g/mol. The predicted octanol–water partition coefficient (Wildman–Crippen LogP) is 1.21. The molecule has 0 saturated carbocycles. The molecule has 1 aromatic heterocycles. The number of nitrogens with zero attached hydrogens (tertiary/aromatic N) is 1. The first-order valence-corrected chi connectivity index (χ1v) is 5.39. The topological polar surface area (TPSA) is 119 Å². The zero-order valence-electron chi connectivity index (χ0n) is 9.98. The average Bonchev–Trinajstić information content (AvgIpc) is 2.39. The van der Waals surface area contributed by atoms with Gasteiger partial charge in [-0.15, -0.1) is 4.91 Å². The number of rotatable bonds is 4. The molecule has 0 unspecified atom stereocenters. The van der Waals surface area contributed by atoms with Gasteiger partial charge in [-0.05, 0) is 24.2 Å². The van der Waals surface area contributed by atoms with Gasteiger partial charge in [-0.2, -0.15) is 0 Å². The highest BCUT2D eigenvalue weighted by molar-refractivity contribution is 5.62. The van der Waals surface area contributed by atoms with Crippen LogP contribution < -0.4 is 22.1 Å². The molecule has 1 heterocycles. The Balaban J connectivity index is 2.24. The smallest absolute Gasteiger partial charge is 0.301 e. The summed E-state index contributed by atoms with van der Waals surface area (Å²) in [4.78, 5) is 37.2. The van der Waals surface area contributed by atoms with E-state index in [9.17, 15) is 14.5 Å². The van der Waals surface area contributed by atoms with E-state index in [1.807, 2.05) is 24.0 Å². The fraction of sp³-hybridized carbons (Fsp3) is 0.0909. The lowest BCUT2D eigenvalue weighted by atomic mass is 10.2. The Kier molecular flexibility index (Phi) is 3.42. The number of hydrogen-bond donors (Lipinski definition) is 4. The van der Waals surface area contributed by atoms with Crippen LogP contribution in [0.3, 0.4) is 0 Å². The minimum Gasteiger partial charge on any atom is -0.301 e. The first-order chi connectivity index (χ1) is 9.10. The third-order valence-electron chi connectivity index (χ3n) is 2.40. The normalized spacial score (nSPS) is 9.95. The minimum atomic E-state index is -0.791. The van der Waals surface area contributed by atoms with Crippen LogP contribution in [-0.2, 0) is 0 Å². The van der Waals surface area contributed by atoms with Crippen molar-refractivity contribution < 1.29 is 0 Å². The molecule has 4 N–H and O–H groups in total. The highest BCUT2D eigenvalue weighted by Crippen LogP contribution is 2.15. The van der Waals surface area contributed by atoms with Crippen molar-refractivity contribution in [2.45, 2.75) is 6.92 Å². The van der Waals surface area contributed by atoms with Gasteiger partial charge in [-0.25, -0.2) is 4.79 Å². The molecule has 0 radical (unpaired) electrons. The first kappa shape index (κ1) is 12.6. The van der Waals surface area contributed by atoms with Gasteiger partial charge in [0.15, 0.2) is 5.69 Å². The van der Waals surface area contributed by atoms with E-state index in [1.165, 1.54) is 0 Å². The van der Waals surface area contributed by atoms with Crippen LogP contribution in [0.25, 0.3) is 0 Å². The molecule has 0 aliphatic rings. The van der Waals surface area contributed by atoms with Crippen LogP contribution >= 0.6 is 0 Å². The van der Waals surface area contributed by atoms with Gasteiger partial charge < -0.3 is 5.43 Å². The Morgan fingerprint density at radius 3 is 2.37 bits per heavy atom. The number of hydrazine groups is 1. The molecule has 2 rings (SSSR count). The Labute approximate surface area is 106 Å². The van der Waals surface area contributed by atoms with Gasteiger partial charge >= 0.3 is 5.69 Å². The molecule has 8 nitrogen and oxygen atoms in total. The third-order valence-corrected chi connectivity index (χ3v) is 2.40. The summed E-state index contributed by atoms with van der Waals surface area (Å²) in [6.45, 7) is 1.94. The monoisotopic (exact) mass is 261 g/mol. The van der Waals surface area contributed by atoms with Crippen molar-refractivity contribution in [2.75, 3.05) is 10.9 Å². The standard InChI is InChI=1S/C11H11N5O3/c1-6-2-4-7(5-3-6)14-15-8-9(16-19)12-11(18)13-10(8)17/h2-5,14-15H,1H3,(H2,12,13,17,18). The van der Waals surface area contributed by atoms with Gasteiger partial charge in [0.2, 0.25) is 5.82 Å². The van der Waals surface area contributed by atoms with Gasteiger partial charge in [-0.1, -0.05) is 17.7 Å². The molecule has 0 aliphatic carbocycles. The van der Waals surface area contributed by atoms with Gasteiger partial charge in [0.1, 0.15) is 0 Å². The third kappa shape index (κ3) is 2.86. The van der Waals surface area contributed by atoms with E-state index in [-0.39, 0.29) is 11.5 Å². The SMILES string of the molecule is Cc1ccc(NNc2c(N=O)[nH]c(=O)[nH]c2=O)cc1. The maximum absolute atomic E-state index is 11.5. The number of aromatic nitrogens is 2. The molecule has 2 aromatic rings. The summed E-state index contributed by atoms with van der Waals surface area (Å²) < 4.78 is 0. The molecule has 8 heteroatoms. The number of H-pyrrole nitrogens is 2. The number of aryl methyl sites for hydroxylation is 1. The molecule has 0 fully saturated rings. The lowest BCUT2D eigenvalue weighted by molar-refractivity contribution is 1.03. The highest BCUT2D eigenvalue weighted by Gasteiger charge is 2.09. The zero-order chi connectivity index (χ0) is 13.8. The summed E-state index contributed by atoms with van der Waals surface area (Å²) in [7, 11) is 0. The van der Waals surface area contributed by atoms with Crippen LogP contribution in [0.1, 0.15) is 5.56 Å². The van der Waals surface area contributed by atoms with Crippen molar-refractivity contribution in [1.29, 1.82) is 0 Å². The van der Waals surface area contributed by atoms with Crippen LogP contribution in [0.15, 0.2) is 39.0 Å². The molecule has 0 atom stereocenters. The van der Waals surface area contributed by atoms with Gasteiger partial charge in [-0.3, -0.25) is 20.2 Å². The summed E-state index contributed by atoms with van der Waals surface area (Å²) in [6.07, 6.45) is 0. The fourth-order valence-corrected chi connectivity index (χ4v) is 1.43. The van der Waals surface area contributed by atoms with Crippen molar-refractivity contribution in [3.05, 3.63) is 55.6 Å². The van der Waals surface area contributed by atoms with Gasteiger partial charge in [0.05, 0.1) is 5.69 Å². The largest absolute Gasteiger partial charge is 0.327 e. The van der Waals surface area contributed by atoms with Crippen LogP contribution in [-0.4, -0.2) is 9.97 Å². The van der Waals surface area contributed by atoms with Crippen LogP contribution in [0.4, 0.5) is 17.2 Å². The fourth-order valence-electron chi connectivity index (χ4n) is 1.43. The molecule has 0 spiro atoms. The number of nitrogens with one attached hydrogen (secondary N) is 4. The average molecular weight is 261 g/mol. The van der Waals surface area contributed by atoms with Crippen LogP contribution in [0.5, 0.6) is 0 Å². The number of aromatic amines is 2. The van der Waals surface area contributed by atoms with Crippen molar-refractivity contribution in [1.82, 2.24) is 9.97 Å². The molecular formula is C11H11N5O3. The van der Waals surface area contributed by atoms with Crippen molar-refractivity contribution in [2.24, 2.45) is 5.18 Å². The Morgan fingerprint density at radius 2 is 1.74 bits per heavy atom. The lowest BCUT2D eigenvalue weighted by Gasteiger charge is -2.09. The van der Waals surface area contributed by atoms with Crippen LogP contribution in [0, 0.1) is 11.8 Å². The van der Waals surface area contributed by atoms with Crippen molar-refractivity contribution in [3.8, 4) is 0 Å². The Hall–Kier alpha value is -2.90. The molecule has 19 heavy (non-hydrogen) atoms. The molecule has 0 amide bonds. The predicted molar refractivity (Wildman–Crippen MR) is 71.6 cm³/mol. The van der Waals surface area contributed by atoms with E-state index in [0.717, 1.165) is 5.56 Å². The molecule has 0 saturated heterocycles. The molecule has 0 bridgehead atoms.